The van der Waals surface area contributed by atoms with Crippen LogP contribution in [-0.2, 0) is 14.1 Å². The molecule has 1 aliphatic rings. The molecule has 3 rings (SSSR count). The first kappa shape index (κ1) is 23.8. The van der Waals surface area contributed by atoms with Gasteiger partial charge in [-0.2, -0.15) is 5.09 Å². The zero-order chi connectivity index (χ0) is 23.0. The number of nitro benzene ring substituents is 1. The molecule has 1 fully saturated rings. The fraction of sp³-hybridized carbons (Fsp3) is 0.409. The zero-order valence-corrected chi connectivity index (χ0v) is 18.7. The maximum absolute atomic E-state index is 13.5. The molecule has 9 nitrogen and oxygen atoms in total. The molecule has 0 saturated heterocycles. The van der Waals surface area contributed by atoms with Crippen LogP contribution < -0.4 is 14.1 Å². The van der Waals surface area contributed by atoms with Crippen LogP contribution in [0.25, 0.3) is 0 Å². The average molecular weight is 462 g/mol. The number of benzene rings is 2. The quantitative estimate of drug-likeness (QED) is 0.173. The van der Waals surface area contributed by atoms with E-state index in [0.717, 1.165) is 38.5 Å². The molecule has 0 radical (unpaired) electrons. The summed E-state index contributed by atoms with van der Waals surface area (Å²) in [5.74, 6) is -0.178. The zero-order valence-electron chi connectivity index (χ0n) is 17.8. The first-order chi connectivity index (χ1) is 15.3. The van der Waals surface area contributed by atoms with Crippen molar-refractivity contribution in [1.82, 2.24) is 5.09 Å². The third kappa shape index (κ3) is 7.07. The molecule has 0 spiro atoms. The van der Waals surface area contributed by atoms with Crippen LogP contribution in [0.2, 0.25) is 0 Å². The average Bonchev–Trinajstić information content (AvgIpc) is 3.03. The lowest BCUT2D eigenvalue weighted by Gasteiger charge is -2.24. The first-order valence-corrected chi connectivity index (χ1v) is 12.2. The molecule has 2 aromatic rings. The molecule has 1 aliphatic carbocycles. The lowest BCUT2D eigenvalue weighted by atomic mass is 10.1. The van der Waals surface area contributed by atoms with E-state index in [2.05, 4.69) is 5.09 Å². The van der Waals surface area contributed by atoms with E-state index in [-0.39, 0.29) is 23.3 Å². The molecule has 0 bridgehead atoms. The lowest BCUT2D eigenvalue weighted by Crippen LogP contribution is -2.37. The predicted molar refractivity (Wildman–Crippen MR) is 119 cm³/mol. The van der Waals surface area contributed by atoms with E-state index >= 15 is 0 Å². The highest BCUT2D eigenvalue weighted by Crippen LogP contribution is 2.45. The van der Waals surface area contributed by atoms with Gasteiger partial charge in [-0.05, 0) is 56.9 Å². The second kappa shape index (κ2) is 11.1. The Morgan fingerprint density at radius 3 is 2.12 bits per heavy atom. The summed E-state index contributed by atoms with van der Waals surface area (Å²) in [5.41, 5.74) is -0.135. The van der Waals surface area contributed by atoms with Gasteiger partial charge in [0.2, 0.25) is 0 Å². The van der Waals surface area contributed by atoms with Gasteiger partial charge in [-0.15, -0.1) is 0 Å². The van der Waals surface area contributed by atoms with E-state index in [1.807, 2.05) is 0 Å². The number of esters is 1. The molecule has 2 unspecified atom stereocenters. The fourth-order valence-electron chi connectivity index (χ4n) is 3.37. The highest BCUT2D eigenvalue weighted by atomic mass is 31.2. The summed E-state index contributed by atoms with van der Waals surface area (Å²) in [6.07, 6.45) is 5.76. The topological polar surface area (TPSA) is 117 Å². The number of non-ortho nitro benzene ring substituents is 1. The number of nitrogens with zero attached hydrogens (tertiary/aromatic N) is 1. The summed E-state index contributed by atoms with van der Waals surface area (Å²) < 4.78 is 30.3. The number of carbonyl (C=O) groups excluding carboxylic acids is 1. The Hall–Kier alpha value is -2.90. The normalized spacial score (nSPS) is 17.4. The van der Waals surface area contributed by atoms with Gasteiger partial charge < -0.3 is 13.8 Å². The Kier molecular flexibility index (Phi) is 8.25. The van der Waals surface area contributed by atoms with Crippen molar-refractivity contribution in [3.05, 3.63) is 64.7 Å². The largest absolute Gasteiger partial charge is 0.513 e. The number of ether oxygens (including phenoxy) is 1. The summed E-state index contributed by atoms with van der Waals surface area (Å²) in [5, 5.41) is 13.5. The van der Waals surface area contributed by atoms with Gasteiger partial charge in [0, 0.05) is 12.1 Å². The third-order valence-electron chi connectivity index (χ3n) is 5.03. The Labute approximate surface area is 186 Å². The van der Waals surface area contributed by atoms with Crippen molar-refractivity contribution in [2.24, 2.45) is 0 Å². The molecule has 0 aromatic heterocycles. The molecule has 172 valence electrons. The number of carbonyl (C=O) groups is 1. The second-order valence-electron chi connectivity index (χ2n) is 7.65. The van der Waals surface area contributed by atoms with Gasteiger partial charge in [0.15, 0.2) is 0 Å². The lowest BCUT2D eigenvalue weighted by molar-refractivity contribution is -0.384. The molecule has 2 aromatic carbocycles. The van der Waals surface area contributed by atoms with E-state index in [9.17, 15) is 19.5 Å². The number of para-hydroxylation sites is 1. The van der Waals surface area contributed by atoms with Crippen molar-refractivity contribution in [1.29, 1.82) is 0 Å². The maximum atomic E-state index is 13.5. The van der Waals surface area contributed by atoms with Crippen molar-refractivity contribution in [3.63, 3.8) is 0 Å². The smallest absolute Gasteiger partial charge is 0.461 e. The van der Waals surface area contributed by atoms with Crippen LogP contribution in [0, 0.1) is 10.1 Å². The summed E-state index contributed by atoms with van der Waals surface area (Å²) in [4.78, 5) is 23.0. The van der Waals surface area contributed by atoms with Crippen molar-refractivity contribution in [3.8, 4) is 11.5 Å². The van der Waals surface area contributed by atoms with Crippen molar-refractivity contribution < 1.29 is 28.1 Å². The van der Waals surface area contributed by atoms with E-state index < -0.39 is 24.7 Å². The van der Waals surface area contributed by atoms with Crippen LogP contribution in [0.1, 0.15) is 45.4 Å². The van der Waals surface area contributed by atoms with Crippen LogP contribution in [0.4, 0.5) is 5.69 Å². The van der Waals surface area contributed by atoms with Gasteiger partial charge in [-0.3, -0.25) is 14.9 Å². The molecular formula is C22H27N2O7P. The Morgan fingerprint density at radius 1 is 1.00 bits per heavy atom. The molecule has 0 heterocycles. The second-order valence-corrected chi connectivity index (χ2v) is 9.26. The number of hydrogen-bond acceptors (Lipinski definition) is 7. The highest BCUT2D eigenvalue weighted by Gasteiger charge is 2.34. The van der Waals surface area contributed by atoms with Crippen LogP contribution in [0.5, 0.6) is 11.5 Å². The van der Waals surface area contributed by atoms with Gasteiger partial charge in [-0.1, -0.05) is 31.0 Å². The van der Waals surface area contributed by atoms with Crippen LogP contribution in [-0.4, -0.2) is 23.0 Å². The monoisotopic (exact) mass is 462 g/mol. The number of rotatable bonds is 9. The SMILES string of the molecule is CC(NP(=O)(Oc1ccccc1)Oc1ccc([N+](=O)[O-])cc1)C(=O)OC1CCCCCC1. The molecule has 1 N–H and O–H groups in total. The van der Waals surface area contributed by atoms with E-state index in [1.54, 1.807) is 30.3 Å². The number of nitro groups is 1. The van der Waals surface area contributed by atoms with Gasteiger partial charge in [0.05, 0.1) is 4.92 Å². The predicted octanol–water partition coefficient (Wildman–Crippen LogP) is 5.40. The van der Waals surface area contributed by atoms with Gasteiger partial charge in [0.1, 0.15) is 23.6 Å². The van der Waals surface area contributed by atoms with Crippen molar-refractivity contribution >= 4 is 19.4 Å². The molecule has 32 heavy (non-hydrogen) atoms. The number of nitrogens with one attached hydrogen (secondary N) is 1. The Bertz CT molecular complexity index is 945. The van der Waals surface area contributed by atoms with Gasteiger partial charge in [0.25, 0.3) is 5.69 Å². The first-order valence-electron chi connectivity index (χ1n) is 10.6. The van der Waals surface area contributed by atoms with Crippen LogP contribution in [0.3, 0.4) is 0 Å². The van der Waals surface area contributed by atoms with E-state index in [1.165, 1.54) is 31.2 Å². The molecule has 0 amide bonds. The molecule has 10 heteroatoms. The minimum absolute atomic E-state index is 0.0895. The van der Waals surface area contributed by atoms with E-state index in [0.29, 0.717) is 0 Å². The minimum Gasteiger partial charge on any atom is -0.461 e. The van der Waals surface area contributed by atoms with E-state index in [4.69, 9.17) is 13.8 Å². The van der Waals surface area contributed by atoms with Crippen molar-refractivity contribution in [2.45, 2.75) is 57.6 Å². The van der Waals surface area contributed by atoms with Crippen LogP contribution in [0.15, 0.2) is 54.6 Å². The van der Waals surface area contributed by atoms with Gasteiger partial charge in [-0.25, -0.2) is 4.57 Å². The summed E-state index contributed by atoms with van der Waals surface area (Å²) in [7, 11) is -4.09. The summed E-state index contributed by atoms with van der Waals surface area (Å²) >= 11 is 0. The van der Waals surface area contributed by atoms with Crippen LogP contribution >= 0.6 is 7.75 Å². The van der Waals surface area contributed by atoms with Crippen molar-refractivity contribution in [2.75, 3.05) is 0 Å². The fourth-order valence-corrected chi connectivity index (χ4v) is 4.90. The molecular weight excluding hydrogens is 435 g/mol. The minimum atomic E-state index is -4.09. The summed E-state index contributed by atoms with van der Waals surface area (Å²) in [6, 6.07) is 12.5. The van der Waals surface area contributed by atoms with Gasteiger partial charge >= 0.3 is 13.7 Å². The standard InChI is InChI=1S/C22H27N2O7P/c1-17(22(25)29-19-9-5-2-3-6-10-19)23-32(28,30-20-11-7-4-8-12-20)31-21-15-13-18(14-16-21)24(26)27/h4,7-8,11-17,19H,2-3,5-6,9-10H2,1H3,(H,23,28). The maximum Gasteiger partial charge on any atom is 0.513 e. The molecule has 2 atom stereocenters. The highest BCUT2D eigenvalue weighted by molar-refractivity contribution is 7.52. The molecule has 0 aliphatic heterocycles. The third-order valence-corrected chi connectivity index (χ3v) is 6.64. The Morgan fingerprint density at radius 2 is 1.56 bits per heavy atom. The number of hydrogen-bond donors (Lipinski definition) is 1. The molecule has 1 saturated carbocycles. The Balaban J connectivity index is 1.73. The summed E-state index contributed by atoms with van der Waals surface area (Å²) in [6.45, 7) is 1.53.